The van der Waals surface area contributed by atoms with Gasteiger partial charge < -0.3 is 5.11 Å². The van der Waals surface area contributed by atoms with Gasteiger partial charge in [0, 0.05) is 30.0 Å². The Bertz CT molecular complexity index is 656. The minimum absolute atomic E-state index is 0.0341. The minimum atomic E-state index is -0.827. The van der Waals surface area contributed by atoms with Crippen LogP contribution in [0.3, 0.4) is 0 Å². The zero-order chi connectivity index (χ0) is 14.1. The van der Waals surface area contributed by atoms with Gasteiger partial charge >= 0.3 is 5.97 Å². The van der Waals surface area contributed by atoms with Crippen LogP contribution in [0.1, 0.15) is 10.6 Å². The summed E-state index contributed by atoms with van der Waals surface area (Å²) in [6.07, 6.45) is 0.716. The topological polar surface area (TPSA) is 53.4 Å². The lowest BCUT2D eigenvalue weighted by Gasteiger charge is -2.23. The number of carboxylic acids is 1. The number of thiazole rings is 1. The van der Waals surface area contributed by atoms with Gasteiger partial charge in [0.2, 0.25) is 0 Å². The first-order valence-corrected chi connectivity index (χ1v) is 7.13. The SMILES string of the molecule is O=C(O)CN1CCc2nc(-c3ccccc3F)sc2C1. The summed E-state index contributed by atoms with van der Waals surface area (Å²) in [5, 5.41) is 9.50. The molecule has 1 aromatic carbocycles. The molecule has 1 N–H and O–H groups in total. The summed E-state index contributed by atoms with van der Waals surface area (Å²) < 4.78 is 13.8. The number of carbonyl (C=O) groups is 1. The number of benzene rings is 1. The van der Waals surface area contributed by atoms with Crippen LogP contribution in [0.15, 0.2) is 24.3 Å². The van der Waals surface area contributed by atoms with Gasteiger partial charge in [-0.2, -0.15) is 0 Å². The van der Waals surface area contributed by atoms with Gasteiger partial charge in [0.05, 0.1) is 12.2 Å². The summed E-state index contributed by atoms with van der Waals surface area (Å²) in [5.41, 5.74) is 1.48. The van der Waals surface area contributed by atoms with Crippen LogP contribution in [0.2, 0.25) is 0 Å². The third kappa shape index (κ3) is 2.57. The number of hydrogen-bond donors (Lipinski definition) is 1. The van der Waals surface area contributed by atoms with Crippen molar-refractivity contribution in [3.8, 4) is 10.6 Å². The van der Waals surface area contributed by atoms with Crippen LogP contribution < -0.4 is 0 Å². The van der Waals surface area contributed by atoms with Gasteiger partial charge in [0.25, 0.3) is 0 Å². The van der Waals surface area contributed by atoms with Gasteiger partial charge in [-0.25, -0.2) is 9.37 Å². The molecule has 104 valence electrons. The molecule has 3 rings (SSSR count). The molecule has 20 heavy (non-hydrogen) atoms. The normalized spacial score (nSPS) is 15.1. The monoisotopic (exact) mass is 292 g/mol. The van der Waals surface area contributed by atoms with Crippen LogP contribution in [-0.2, 0) is 17.8 Å². The Morgan fingerprint density at radius 1 is 1.45 bits per heavy atom. The van der Waals surface area contributed by atoms with Crippen LogP contribution in [0.25, 0.3) is 10.6 Å². The Balaban J connectivity index is 1.87. The van der Waals surface area contributed by atoms with Crippen molar-refractivity contribution < 1.29 is 14.3 Å². The average Bonchev–Trinajstić information content (AvgIpc) is 2.81. The van der Waals surface area contributed by atoms with Crippen molar-refractivity contribution in [3.05, 3.63) is 40.7 Å². The molecule has 0 amide bonds. The zero-order valence-electron chi connectivity index (χ0n) is 10.7. The molecule has 1 aromatic heterocycles. The van der Waals surface area contributed by atoms with E-state index < -0.39 is 5.97 Å². The van der Waals surface area contributed by atoms with E-state index in [4.69, 9.17) is 5.11 Å². The summed E-state index contributed by atoms with van der Waals surface area (Å²) in [7, 11) is 0. The van der Waals surface area contributed by atoms with Crippen molar-refractivity contribution >= 4 is 17.3 Å². The molecular formula is C14H13FN2O2S. The Morgan fingerprint density at radius 2 is 2.25 bits per heavy atom. The third-order valence-electron chi connectivity index (χ3n) is 3.27. The van der Waals surface area contributed by atoms with Gasteiger partial charge in [0.15, 0.2) is 0 Å². The van der Waals surface area contributed by atoms with E-state index in [0.717, 1.165) is 10.6 Å². The molecule has 2 heterocycles. The molecule has 0 atom stereocenters. The van der Waals surface area contributed by atoms with E-state index in [1.807, 2.05) is 4.90 Å². The second kappa shape index (κ2) is 5.30. The average molecular weight is 292 g/mol. The molecule has 2 aromatic rings. The highest BCUT2D eigenvalue weighted by Crippen LogP contribution is 2.32. The number of rotatable bonds is 3. The van der Waals surface area contributed by atoms with E-state index in [2.05, 4.69) is 4.98 Å². The maximum Gasteiger partial charge on any atom is 0.317 e. The third-order valence-corrected chi connectivity index (χ3v) is 4.39. The number of aliphatic carboxylic acids is 1. The predicted octanol–water partition coefficient (Wildman–Crippen LogP) is 2.39. The molecule has 0 unspecified atom stereocenters. The largest absolute Gasteiger partial charge is 0.480 e. The lowest BCUT2D eigenvalue weighted by atomic mass is 10.1. The Hall–Kier alpha value is -1.79. The molecule has 0 saturated heterocycles. The van der Waals surface area contributed by atoms with E-state index in [9.17, 15) is 9.18 Å². The van der Waals surface area contributed by atoms with Crippen LogP contribution >= 0.6 is 11.3 Å². The molecule has 6 heteroatoms. The van der Waals surface area contributed by atoms with E-state index >= 15 is 0 Å². The number of aromatic nitrogens is 1. The summed E-state index contributed by atoms with van der Waals surface area (Å²) >= 11 is 1.45. The first-order valence-electron chi connectivity index (χ1n) is 6.31. The fourth-order valence-corrected chi connectivity index (χ4v) is 3.50. The van der Waals surface area contributed by atoms with Gasteiger partial charge in [-0.1, -0.05) is 12.1 Å². The Kier molecular flexibility index (Phi) is 3.50. The molecule has 0 bridgehead atoms. The van der Waals surface area contributed by atoms with Gasteiger partial charge in [0.1, 0.15) is 10.8 Å². The smallest absolute Gasteiger partial charge is 0.317 e. The highest BCUT2D eigenvalue weighted by Gasteiger charge is 2.23. The summed E-state index contributed by atoms with van der Waals surface area (Å²) in [5.74, 6) is -1.10. The number of fused-ring (bicyclic) bond motifs is 1. The molecule has 0 aliphatic carbocycles. The summed E-state index contributed by atoms with van der Waals surface area (Å²) in [6, 6.07) is 6.58. The molecule has 1 aliphatic heterocycles. The fourth-order valence-electron chi connectivity index (χ4n) is 2.32. The number of halogens is 1. The summed E-state index contributed by atoms with van der Waals surface area (Å²) in [4.78, 5) is 18.2. The van der Waals surface area contributed by atoms with E-state index in [1.54, 1.807) is 18.2 Å². The predicted molar refractivity (Wildman–Crippen MR) is 74.1 cm³/mol. The van der Waals surface area contributed by atoms with Crippen molar-refractivity contribution in [2.45, 2.75) is 13.0 Å². The van der Waals surface area contributed by atoms with Crippen LogP contribution in [-0.4, -0.2) is 34.0 Å². The molecule has 0 radical (unpaired) electrons. The Labute approximate surface area is 119 Å². The van der Waals surface area contributed by atoms with Crippen LogP contribution in [0, 0.1) is 5.82 Å². The molecule has 0 saturated carbocycles. The Morgan fingerprint density at radius 3 is 3.00 bits per heavy atom. The molecular weight excluding hydrogens is 279 g/mol. The first-order chi connectivity index (χ1) is 9.63. The van der Waals surface area contributed by atoms with Crippen LogP contribution in [0.5, 0.6) is 0 Å². The van der Waals surface area contributed by atoms with Gasteiger partial charge in [-0.15, -0.1) is 11.3 Å². The number of hydrogen-bond acceptors (Lipinski definition) is 4. The maximum absolute atomic E-state index is 13.8. The first kappa shape index (κ1) is 13.2. The quantitative estimate of drug-likeness (QED) is 0.944. The van der Waals surface area contributed by atoms with Crippen LogP contribution in [0.4, 0.5) is 4.39 Å². The fraction of sp³-hybridized carbons (Fsp3) is 0.286. The van der Waals surface area contributed by atoms with Gasteiger partial charge in [-0.05, 0) is 12.1 Å². The van der Waals surface area contributed by atoms with E-state index in [-0.39, 0.29) is 12.4 Å². The highest BCUT2D eigenvalue weighted by atomic mass is 32.1. The van der Waals surface area contributed by atoms with Crippen molar-refractivity contribution in [2.75, 3.05) is 13.1 Å². The van der Waals surface area contributed by atoms with Crippen molar-refractivity contribution in [2.24, 2.45) is 0 Å². The van der Waals surface area contributed by atoms with Crippen molar-refractivity contribution in [3.63, 3.8) is 0 Å². The minimum Gasteiger partial charge on any atom is -0.480 e. The lowest BCUT2D eigenvalue weighted by molar-refractivity contribution is -0.138. The second-order valence-corrected chi connectivity index (χ2v) is 5.81. The number of nitrogens with zero attached hydrogens (tertiary/aromatic N) is 2. The number of carboxylic acid groups (broad SMARTS) is 1. The summed E-state index contributed by atoms with van der Waals surface area (Å²) in [6.45, 7) is 1.29. The molecule has 0 fully saturated rings. The van der Waals surface area contributed by atoms with Crippen molar-refractivity contribution in [1.29, 1.82) is 0 Å². The standard InChI is InChI=1S/C14H13FN2O2S/c15-10-4-2-1-3-9(10)14-16-11-5-6-17(8-13(18)19)7-12(11)20-14/h1-4H,5-8H2,(H,18,19). The van der Waals surface area contributed by atoms with E-state index in [0.29, 0.717) is 30.1 Å². The van der Waals surface area contributed by atoms with E-state index in [1.165, 1.54) is 17.4 Å². The second-order valence-electron chi connectivity index (χ2n) is 4.72. The maximum atomic E-state index is 13.8. The van der Waals surface area contributed by atoms with Crippen molar-refractivity contribution in [1.82, 2.24) is 9.88 Å². The zero-order valence-corrected chi connectivity index (χ0v) is 11.5. The lowest BCUT2D eigenvalue weighted by Crippen LogP contribution is -2.34. The molecule has 1 aliphatic rings. The molecule has 4 nitrogen and oxygen atoms in total. The highest BCUT2D eigenvalue weighted by molar-refractivity contribution is 7.15. The molecule has 0 spiro atoms. The van der Waals surface area contributed by atoms with Gasteiger partial charge in [-0.3, -0.25) is 9.69 Å².